The Morgan fingerprint density at radius 3 is 2.80 bits per heavy atom. The van der Waals surface area contributed by atoms with Crippen LogP contribution in [0, 0.1) is 0 Å². The number of methoxy groups -OCH3 is 1. The molecule has 0 saturated carbocycles. The second-order valence-corrected chi connectivity index (χ2v) is 4.48. The van der Waals surface area contributed by atoms with Crippen LogP contribution < -0.4 is 9.47 Å². The molecule has 1 heterocycles. The van der Waals surface area contributed by atoms with E-state index in [9.17, 15) is 4.79 Å². The van der Waals surface area contributed by atoms with Crippen LogP contribution in [0.2, 0.25) is 6.32 Å². The van der Waals surface area contributed by atoms with E-state index in [4.69, 9.17) is 21.7 Å². The van der Waals surface area contributed by atoms with Gasteiger partial charge in [0.05, 0.1) is 26.9 Å². The first-order chi connectivity index (χ1) is 9.69. The van der Waals surface area contributed by atoms with Crippen molar-refractivity contribution >= 4 is 24.6 Å². The summed E-state index contributed by atoms with van der Waals surface area (Å²) >= 11 is 0. The van der Waals surface area contributed by atoms with Crippen molar-refractivity contribution in [3.8, 4) is 11.5 Å². The van der Waals surface area contributed by atoms with Crippen LogP contribution in [-0.2, 0) is 0 Å². The van der Waals surface area contributed by atoms with E-state index in [0.717, 1.165) is 18.2 Å². The van der Waals surface area contributed by atoms with E-state index in [1.54, 1.807) is 25.3 Å². The lowest BCUT2D eigenvalue weighted by molar-refractivity contribution is 0.0989. The lowest BCUT2D eigenvalue weighted by atomic mass is 9.99. The summed E-state index contributed by atoms with van der Waals surface area (Å²) in [5.41, 5.74) is 0.563. The van der Waals surface area contributed by atoms with Gasteiger partial charge in [-0.25, -0.2) is 0 Å². The molecule has 0 aliphatic rings. The van der Waals surface area contributed by atoms with Crippen molar-refractivity contribution in [1.29, 1.82) is 0 Å². The first-order valence-electron chi connectivity index (χ1n) is 6.67. The minimum Gasteiger partial charge on any atom is -0.496 e. The molecule has 5 heteroatoms. The van der Waals surface area contributed by atoms with Crippen molar-refractivity contribution in [1.82, 2.24) is 0 Å². The molecular weight excluding hydrogens is 255 g/mol. The fourth-order valence-corrected chi connectivity index (χ4v) is 1.88. The number of carbonyl (C=O) groups is 1. The molecule has 0 unspecified atom stereocenters. The van der Waals surface area contributed by atoms with Crippen LogP contribution in [0.3, 0.4) is 0 Å². The molecule has 104 valence electrons. The Hall–Kier alpha value is -1.91. The maximum Gasteiger partial charge on any atom is 0.189 e. The van der Waals surface area contributed by atoms with Gasteiger partial charge >= 0.3 is 0 Å². The number of rotatable bonds is 7. The SMILES string of the molecule is [B]CC(=O)c1cc2c(OCCCC)cc(OC)cc2o1. The summed E-state index contributed by atoms with van der Waals surface area (Å²) in [4.78, 5) is 11.6. The van der Waals surface area contributed by atoms with Gasteiger partial charge in [-0.2, -0.15) is 0 Å². The molecule has 0 aliphatic carbocycles. The maximum absolute atomic E-state index is 11.6. The lowest BCUT2D eigenvalue weighted by Gasteiger charge is -2.08. The van der Waals surface area contributed by atoms with E-state index in [-0.39, 0.29) is 17.9 Å². The summed E-state index contributed by atoms with van der Waals surface area (Å²) in [6.07, 6.45) is 1.93. The fourth-order valence-electron chi connectivity index (χ4n) is 1.88. The Labute approximate surface area is 119 Å². The predicted octanol–water partition coefficient (Wildman–Crippen LogP) is 3.39. The number of carbonyl (C=O) groups excluding carboxylic acids is 1. The van der Waals surface area contributed by atoms with Gasteiger partial charge in [-0.3, -0.25) is 4.79 Å². The largest absolute Gasteiger partial charge is 0.496 e. The zero-order chi connectivity index (χ0) is 14.5. The number of ketones is 1. The molecular formula is C15H17BO4. The highest BCUT2D eigenvalue weighted by molar-refractivity contribution is 6.23. The summed E-state index contributed by atoms with van der Waals surface area (Å²) in [7, 11) is 6.93. The van der Waals surface area contributed by atoms with Gasteiger partial charge in [0.1, 0.15) is 17.1 Å². The zero-order valence-electron chi connectivity index (χ0n) is 11.8. The van der Waals surface area contributed by atoms with Gasteiger partial charge in [-0.15, -0.1) is 0 Å². The molecule has 0 N–H and O–H groups in total. The lowest BCUT2D eigenvalue weighted by Crippen LogP contribution is -1.97. The minimum atomic E-state index is -0.236. The summed E-state index contributed by atoms with van der Waals surface area (Å²) in [5, 5.41) is 0.763. The molecule has 20 heavy (non-hydrogen) atoms. The maximum atomic E-state index is 11.6. The van der Waals surface area contributed by atoms with Crippen LogP contribution >= 0.6 is 0 Å². The molecule has 0 atom stereocenters. The van der Waals surface area contributed by atoms with Gasteiger partial charge < -0.3 is 13.9 Å². The molecule has 0 saturated heterocycles. The van der Waals surface area contributed by atoms with Crippen molar-refractivity contribution in [2.75, 3.05) is 13.7 Å². The van der Waals surface area contributed by atoms with Crippen LogP contribution in [0.15, 0.2) is 22.6 Å². The van der Waals surface area contributed by atoms with Crippen LogP contribution in [0.1, 0.15) is 30.3 Å². The number of furan rings is 1. The molecule has 2 radical (unpaired) electrons. The Balaban J connectivity index is 2.41. The van der Waals surface area contributed by atoms with Gasteiger partial charge in [0.25, 0.3) is 0 Å². The Kier molecular flexibility index (Phi) is 4.72. The summed E-state index contributed by atoms with van der Waals surface area (Å²) in [6.45, 7) is 2.71. The third-order valence-electron chi connectivity index (χ3n) is 3.02. The van der Waals surface area contributed by atoms with Crippen molar-refractivity contribution < 1.29 is 18.7 Å². The Morgan fingerprint density at radius 1 is 1.35 bits per heavy atom. The highest BCUT2D eigenvalue weighted by atomic mass is 16.5. The van der Waals surface area contributed by atoms with E-state index < -0.39 is 0 Å². The molecule has 2 rings (SSSR count). The van der Waals surface area contributed by atoms with Crippen LogP contribution in [0.5, 0.6) is 11.5 Å². The number of hydrogen-bond donors (Lipinski definition) is 0. The van der Waals surface area contributed by atoms with Gasteiger partial charge in [-0.1, -0.05) is 13.3 Å². The van der Waals surface area contributed by atoms with Crippen molar-refractivity contribution in [2.45, 2.75) is 26.1 Å². The molecule has 0 spiro atoms. The standard InChI is InChI=1S/C15H17BO4/c1-3-4-5-19-13-6-10(18-2)7-14-11(13)8-15(20-14)12(17)9-16/h6-8H,3-5,9H2,1-2H3. The molecule has 0 bridgehead atoms. The summed E-state index contributed by atoms with van der Waals surface area (Å²) in [6, 6.07) is 5.20. The highest BCUT2D eigenvalue weighted by Crippen LogP contribution is 2.34. The predicted molar refractivity (Wildman–Crippen MR) is 78.1 cm³/mol. The van der Waals surface area contributed by atoms with Gasteiger partial charge in [0.15, 0.2) is 11.5 Å². The van der Waals surface area contributed by atoms with E-state index in [2.05, 4.69) is 6.92 Å². The number of unbranched alkanes of at least 4 members (excludes halogenated alkanes) is 1. The topological polar surface area (TPSA) is 48.7 Å². The third kappa shape index (κ3) is 2.98. The Bertz CT molecular complexity index is 603. The zero-order valence-corrected chi connectivity index (χ0v) is 11.8. The second-order valence-electron chi connectivity index (χ2n) is 4.48. The van der Waals surface area contributed by atoms with Gasteiger partial charge in [-0.05, 0) is 18.8 Å². The second kappa shape index (κ2) is 6.50. The molecule has 4 nitrogen and oxygen atoms in total. The van der Waals surface area contributed by atoms with Crippen molar-refractivity contribution in [3.63, 3.8) is 0 Å². The number of ether oxygens (including phenoxy) is 2. The Morgan fingerprint density at radius 2 is 2.15 bits per heavy atom. The average molecular weight is 272 g/mol. The monoisotopic (exact) mass is 272 g/mol. The molecule has 1 aromatic carbocycles. The normalized spacial score (nSPS) is 10.7. The molecule has 1 aromatic heterocycles. The van der Waals surface area contributed by atoms with Crippen molar-refractivity contribution in [3.05, 3.63) is 24.0 Å². The molecule has 0 amide bonds. The first kappa shape index (κ1) is 14.5. The van der Waals surface area contributed by atoms with Crippen LogP contribution in [-0.4, -0.2) is 27.3 Å². The number of fused-ring (bicyclic) bond motifs is 1. The van der Waals surface area contributed by atoms with Crippen LogP contribution in [0.4, 0.5) is 0 Å². The van der Waals surface area contributed by atoms with E-state index in [0.29, 0.717) is 23.7 Å². The van der Waals surface area contributed by atoms with E-state index in [1.165, 1.54) is 0 Å². The average Bonchev–Trinajstić information content (AvgIpc) is 2.90. The summed E-state index contributed by atoms with van der Waals surface area (Å²) < 4.78 is 16.5. The number of hydrogen-bond acceptors (Lipinski definition) is 4. The van der Waals surface area contributed by atoms with Crippen molar-refractivity contribution in [2.24, 2.45) is 0 Å². The molecule has 2 aromatic rings. The van der Waals surface area contributed by atoms with Gasteiger partial charge in [0, 0.05) is 12.1 Å². The fraction of sp³-hybridized carbons (Fsp3) is 0.400. The third-order valence-corrected chi connectivity index (χ3v) is 3.02. The van der Waals surface area contributed by atoms with Crippen LogP contribution in [0.25, 0.3) is 11.0 Å². The van der Waals surface area contributed by atoms with Gasteiger partial charge in [0.2, 0.25) is 0 Å². The first-order valence-corrected chi connectivity index (χ1v) is 6.67. The highest BCUT2D eigenvalue weighted by Gasteiger charge is 2.15. The minimum absolute atomic E-state index is 0.0804. The summed E-state index contributed by atoms with van der Waals surface area (Å²) in [5.74, 6) is 1.30. The molecule has 0 fully saturated rings. The van der Waals surface area contributed by atoms with E-state index >= 15 is 0 Å². The smallest absolute Gasteiger partial charge is 0.189 e. The number of Topliss-reactive ketones (excluding diaryl/α,β-unsaturated/α-hetero) is 1. The number of benzene rings is 1. The molecule has 0 aliphatic heterocycles. The van der Waals surface area contributed by atoms with E-state index in [1.807, 2.05) is 0 Å². The quantitative estimate of drug-likeness (QED) is 0.440.